The lowest BCUT2D eigenvalue weighted by Gasteiger charge is -2.36. The molecule has 9 heterocycles. The van der Waals surface area contributed by atoms with Gasteiger partial charge in [-0.15, -0.1) is 0 Å². The van der Waals surface area contributed by atoms with Crippen LogP contribution in [-0.2, 0) is 14.4 Å². The fraction of sp³-hybridized carbons (Fsp3) is 0.566. The van der Waals surface area contributed by atoms with Gasteiger partial charge in [-0.1, -0.05) is 57.8 Å². The Morgan fingerprint density at radius 1 is 0.442 bits per heavy atom. The number of benzene rings is 3. The van der Waals surface area contributed by atoms with E-state index < -0.39 is 55.1 Å². The van der Waals surface area contributed by atoms with E-state index in [0.717, 1.165) is 143 Å². The zero-order valence-electron chi connectivity index (χ0n) is 68.8. The molecule has 6 aromatic rings. The number of nitrogens with one attached hydrogen (secondary N) is 6. The number of aromatic nitrogens is 6. The van der Waals surface area contributed by atoms with Crippen LogP contribution < -0.4 is 75.6 Å². The van der Waals surface area contributed by atoms with E-state index in [1.54, 1.807) is 69.3 Å². The number of fused-ring (bicyclic) bond motifs is 5. The number of β-amino-alcohol motifs (C(OH)–C–C–N with tert-alkyl or cyclic N) is 1. The lowest BCUT2D eigenvalue weighted by molar-refractivity contribution is -0.141. The third-order valence-electron chi connectivity index (χ3n) is 25.0. The maximum Gasteiger partial charge on any atom is 0.342 e. The number of rotatable bonds is 20. The predicted molar refractivity (Wildman–Crippen MR) is 441 cm³/mol. The van der Waals surface area contributed by atoms with Gasteiger partial charge < -0.3 is 80.2 Å². The minimum absolute atomic E-state index is 0.106. The zero-order chi connectivity index (χ0) is 84.9. The zero-order valence-corrected chi connectivity index (χ0v) is 68.8. The maximum atomic E-state index is 14.9. The van der Waals surface area contributed by atoms with Crippen LogP contribution in [0.15, 0.2) is 73.2 Å². The van der Waals surface area contributed by atoms with Gasteiger partial charge in [-0.3, -0.25) is 39.1 Å². The Bertz CT molecular complexity index is 4700. The molecule has 0 spiro atoms. The first-order chi connectivity index (χ1) is 57.6. The highest BCUT2D eigenvalue weighted by atomic mass is 19.3. The van der Waals surface area contributed by atoms with Crippen LogP contribution in [0.4, 0.5) is 95.8 Å². The number of carbonyl (C=O) groups excluding carboxylic acids is 6. The van der Waals surface area contributed by atoms with Gasteiger partial charge in [-0.2, -0.15) is 41.3 Å². The molecule has 6 amide bonds. The molecule has 16 rings (SSSR count). The Kier molecular flexibility index (Phi) is 26.2. The van der Waals surface area contributed by atoms with E-state index in [0.29, 0.717) is 94.4 Å². The molecule has 10 aliphatic rings. The summed E-state index contributed by atoms with van der Waals surface area (Å²) in [5.41, 5.74) is 6.51. The summed E-state index contributed by atoms with van der Waals surface area (Å²) in [6.45, 7) is 1.30. The van der Waals surface area contributed by atoms with Crippen molar-refractivity contribution in [2.75, 3.05) is 154 Å². The van der Waals surface area contributed by atoms with Crippen LogP contribution in [0, 0.1) is 0 Å². The average Bonchev–Trinajstić information content (AvgIpc) is 1.61. The van der Waals surface area contributed by atoms with E-state index in [9.17, 15) is 55.1 Å². The van der Waals surface area contributed by atoms with Crippen molar-refractivity contribution in [3.8, 4) is 17.2 Å². The Hall–Kier alpha value is -10.7. The fourth-order valence-corrected chi connectivity index (χ4v) is 18.2. The topological polar surface area (TPSA) is 329 Å². The summed E-state index contributed by atoms with van der Waals surface area (Å²) < 4.78 is 106. The average molecular weight is 1670 g/mol. The number of anilines is 12. The number of nitrogens with zero attached hydrogens (tertiary/aromatic N) is 15. The Morgan fingerprint density at radius 3 is 1.12 bits per heavy atom. The molecule has 7 fully saturated rings. The standard InChI is InChI=1S/C29H37F2N7O3.C27H36F2N8O4.C27H34F2N6O3/c1-36-20-9-10-21(36)14-18(13-20)33-26(39)17-8-11-22(24(12-17)41-3)34-28-32-15-23-25(35-28)38(19-6-4-5-7-19)16-29(30,31)27(40)37(23)2;1-34-21-16-30-26(32-23(21)37(19-5-3-4-6-19)17-27(28,29)25(34)40)31-20-8-7-18(15-22(20)41-2)24(39)33-36-11-9-35(10-12-36)13-14-38;1-34-21-15-30-26(33-23(21)35(19-10-6-7-11-19)16-27(28,29)25(34)37)32-20-13-12-17(14-22(20)38-2)24(36)31-18-8-4-3-5-9-18/h8,11-12,15,18-21H,4-7,9-10,13-14,16H2,1-3H3,(H,33,39)(H,32,34,35);7-8,15-16,19,38H,3-6,9-14,17H2,1-2H3,(H,33,39)(H,30,31,32);12-15,18-19H,3-11,16H2,1-2H3,(H,31,36)(H,30,32,33)/t18?,20-,21+;;. The van der Waals surface area contributed by atoms with E-state index in [4.69, 9.17) is 19.3 Å². The van der Waals surface area contributed by atoms with Gasteiger partial charge >= 0.3 is 17.8 Å². The molecular weight excluding hydrogens is 1570 g/mol. The molecule has 646 valence electrons. The van der Waals surface area contributed by atoms with Crippen LogP contribution in [0.1, 0.15) is 166 Å². The van der Waals surface area contributed by atoms with Crippen LogP contribution in [0.5, 0.6) is 17.2 Å². The number of halogens is 6. The molecule has 31 nitrogen and oxygen atoms in total. The number of aliphatic hydroxyl groups is 1. The van der Waals surface area contributed by atoms with Crippen molar-refractivity contribution in [3.05, 3.63) is 89.9 Å². The van der Waals surface area contributed by atoms with Crippen molar-refractivity contribution in [2.24, 2.45) is 0 Å². The number of carbonyl (C=O) groups is 6. The van der Waals surface area contributed by atoms with Crippen LogP contribution in [-0.4, -0.2) is 254 Å². The van der Waals surface area contributed by atoms with Crippen LogP contribution >= 0.6 is 0 Å². The van der Waals surface area contributed by atoms with Crippen LogP contribution in [0.2, 0.25) is 0 Å². The molecule has 3 aromatic carbocycles. The summed E-state index contributed by atoms with van der Waals surface area (Å²) in [4.78, 5) is 115. The Labute approximate surface area is 693 Å². The van der Waals surface area contributed by atoms with Crippen molar-refractivity contribution < 1.29 is 74.4 Å². The number of hydrogen-bond donors (Lipinski definition) is 7. The van der Waals surface area contributed by atoms with Crippen molar-refractivity contribution in [3.63, 3.8) is 0 Å². The van der Waals surface area contributed by atoms with E-state index in [1.165, 1.54) is 80.3 Å². The predicted octanol–water partition coefficient (Wildman–Crippen LogP) is 10.4. The molecule has 3 saturated heterocycles. The Balaban J connectivity index is 0.000000148. The van der Waals surface area contributed by atoms with Gasteiger partial charge in [0.05, 0.1) is 83.2 Å². The number of piperazine rings is 1. The number of hydrogen-bond acceptors (Lipinski definition) is 25. The number of ether oxygens (including phenoxy) is 3. The van der Waals surface area contributed by atoms with E-state index in [1.807, 2.05) is 5.01 Å². The second-order valence-corrected chi connectivity index (χ2v) is 32.7. The monoisotopic (exact) mass is 1670 g/mol. The molecule has 6 aliphatic heterocycles. The molecule has 3 atom stereocenters. The maximum absolute atomic E-state index is 14.9. The first-order valence-electron chi connectivity index (χ1n) is 41.6. The largest absolute Gasteiger partial charge is 0.495 e. The number of methoxy groups -OCH3 is 3. The molecule has 7 N–H and O–H groups in total. The van der Waals surface area contributed by atoms with Gasteiger partial charge in [0.15, 0.2) is 17.5 Å². The van der Waals surface area contributed by atoms with E-state index in [2.05, 4.69) is 78.8 Å². The van der Waals surface area contributed by atoms with Gasteiger partial charge in [0.1, 0.15) is 34.3 Å². The molecular formula is C83H107F6N21O10. The minimum atomic E-state index is -3.56. The number of aliphatic hydroxyl groups excluding tert-OH is 1. The lowest BCUT2D eigenvalue weighted by atomic mass is 9.95. The highest BCUT2D eigenvalue weighted by molar-refractivity contribution is 6.04. The molecule has 2 bridgehead atoms. The second kappa shape index (κ2) is 36.7. The van der Waals surface area contributed by atoms with Gasteiger partial charge in [-0.05, 0) is 139 Å². The Morgan fingerprint density at radius 2 is 0.775 bits per heavy atom. The normalized spacial score (nSPS) is 22.1. The summed E-state index contributed by atoms with van der Waals surface area (Å²) in [6.07, 6.45) is 24.0. The first-order valence-corrected chi connectivity index (χ1v) is 41.6. The summed E-state index contributed by atoms with van der Waals surface area (Å²) in [5, 5.41) is 26.6. The molecule has 1 unspecified atom stereocenters. The number of alkyl halides is 6. The number of hydrazine groups is 1. The van der Waals surface area contributed by atoms with Crippen LogP contribution in [0.3, 0.4) is 0 Å². The molecule has 4 saturated carbocycles. The second-order valence-electron chi connectivity index (χ2n) is 32.7. The molecule has 120 heavy (non-hydrogen) atoms. The van der Waals surface area contributed by atoms with E-state index >= 15 is 0 Å². The number of piperidine rings is 1. The minimum Gasteiger partial charge on any atom is -0.495 e. The smallest absolute Gasteiger partial charge is 0.342 e. The van der Waals surface area contributed by atoms with E-state index in [-0.39, 0.29) is 95.3 Å². The van der Waals surface area contributed by atoms with Crippen molar-refractivity contribution in [1.29, 1.82) is 0 Å². The number of amides is 6. The van der Waals surface area contributed by atoms with Crippen molar-refractivity contribution in [1.82, 2.24) is 60.8 Å². The molecule has 4 aliphatic carbocycles. The SMILES string of the molecule is COc1cc(C(=O)NC2CCCCC2)ccc1Nc1ncc2c(n1)N(C1CCCC1)CC(F)(F)C(=O)N2C.COc1cc(C(=O)NC2C[C@H]3CC[C@@H](C2)N3C)ccc1Nc1ncc2c(n1)N(C1CCCC1)CC(F)(F)C(=O)N2C.COc1cc(C(=O)NN2CCN(CCO)CC2)ccc1Nc1ncc2c(n1)N(C1CCCC1)CC(F)(F)C(=O)N2C. The highest BCUT2D eigenvalue weighted by Gasteiger charge is 2.52. The van der Waals surface area contributed by atoms with Crippen molar-refractivity contribution in [2.45, 2.75) is 195 Å². The highest BCUT2D eigenvalue weighted by Crippen LogP contribution is 2.45. The molecule has 3 aromatic heterocycles. The van der Waals surface area contributed by atoms with Crippen molar-refractivity contribution >= 4 is 105 Å². The summed E-state index contributed by atoms with van der Waals surface area (Å²) in [5.74, 6) is -12.5. The summed E-state index contributed by atoms with van der Waals surface area (Å²) in [7, 11) is 10.6. The first kappa shape index (κ1) is 85.7. The fourth-order valence-electron chi connectivity index (χ4n) is 18.2. The molecule has 0 radical (unpaired) electrons. The lowest BCUT2D eigenvalue weighted by Crippen LogP contribution is -2.53. The third kappa shape index (κ3) is 18.9. The third-order valence-corrected chi connectivity index (χ3v) is 25.0. The van der Waals surface area contributed by atoms with Gasteiger partial charge in [0.2, 0.25) is 17.8 Å². The summed E-state index contributed by atoms with van der Waals surface area (Å²) >= 11 is 0. The van der Waals surface area contributed by atoms with Crippen LogP contribution in [0.25, 0.3) is 0 Å². The van der Waals surface area contributed by atoms with Gasteiger partial charge in [0.25, 0.3) is 35.4 Å². The summed E-state index contributed by atoms with van der Waals surface area (Å²) in [6, 6.07) is 16.1. The molecule has 37 heteroatoms. The van der Waals surface area contributed by atoms with Gasteiger partial charge in [-0.25, -0.2) is 20.0 Å². The quantitative estimate of drug-likeness (QED) is 0.0349. The van der Waals surface area contributed by atoms with Gasteiger partial charge in [0, 0.05) is 113 Å².